The Bertz CT molecular complexity index is 1510. The molecule has 2 heterocycles. The van der Waals surface area contributed by atoms with Crippen LogP contribution in [0.5, 0.6) is 0 Å². The van der Waals surface area contributed by atoms with E-state index in [1.165, 1.54) is 0 Å². The molecule has 33 heavy (non-hydrogen) atoms. The molecule has 1 N–H and O–H groups in total. The number of ether oxygens (including phenoxy) is 1. The van der Waals surface area contributed by atoms with Crippen LogP contribution in [0.2, 0.25) is 0 Å². The van der Waals surface area contributed by atoms with Crippen LogP contribution in [0.1, 0.15) is 30.2 Å². The van der Waals surface area contributed by atoms with E-state index in [1.54, 1.807) is 31.2 Å². The molecule has 0 fully saturated rings. The van der Waals surface area contributed by atoms with Crippen LogP contribution in [0.15, 0.2) is 72.8 Å². The Morgan fingerprint density at radius 3 is 2.33 bits per heavy atom. The number of anilines is 1. The quantitative estimate of drug-likeness (QED) is 0.385. The van der Waals surface area contributed by atoms with Crippen molar-refractivity contribution in [3.63, 3.8) is 0 Å². The van der Waals surface area contributed by atoms with Crippen molar-refractivity contribution in [3.05, 3.63) is 78.4 Å². The molecule has 5 rings (SSSR count). The first-order chi connectivity index (χ1) is 16.1. The minimum absolute atomic E-state index is 0.198. The summed E-state index contributed by atoms with van der Waals surface area (Å²) in [6.07, 6.45) is 0. The van der Waals surface area contributed by atoms with Gasteiger partial charge < -0.3 is 14.6 Å². The minimum Gasteiger partial charge on any atom is -0.462 e. The van der Waals surface area contributed by atoms with E-state index in [-0.39, 0.29) is 11.9 Å². The number of aromatic nitrogens is 3. The fourth-order valence-corrected chi connectivity index (χ4v) is 4.00. The standard InChI is InChI=1S/C26H22N4O3/c1-3-33-26(32)17-12-14-18(15-13-17)27-25(31)16(2)30-22-11-7-4-8-19(22)23-24(30)29-21-10-6-5-9-20(21)28-23/h4-16H,3H2,1-2H3,(H,27,31). The monoisotopic (exact) mass is 438 g/mol. The third kappa shape index (κ3) is 3.67. The zero-order chi connectivity index (χ0) is 22.9. The lowest BCUT2D eigenvalue weighted by Gasteiger charge is -2.16. The summed E-state index contributed by atoms with van der Waals surface area (Å²) in [5.74, 6) is -0.587. The summed E-state index contributed by atoms with van der Waals surface area (Å²) in [7, 11) is 0. The van der Waals surface area contributed by atoms with E-state index in [1.807, 2.05) is 60.0 Å². The first kappa shape index (κ1) is 20.6. The first-order valence-corrected chi connectivity index (χ1v) is 10.8. The van der Waals surface area contributed by atoms with Crippen molar-refractivity contribution in [2.75, 3.05) is 11.9 Å². The number of carbonyl (C=O) groups is 2. The highest BCUT2D eigenvalue weighted by molar-refractivity contribution is 6.08. The van der Waals surface area contributed by atoms with Gasteiger partial charge in [-0.05, 0) is 56.3 Å². The Labute approximate surface area is 190 Å². The number of hydrogen-bond acceptors (Lipinski definition) is 5. The Balaban J connectivity index is 1.52. The molecule has 0 saturated carbocycles. The van der Waals surface area contributed by atoms with E-state index in [0.717, 1.165) is 27.5 Å². The van der Waals surface area contributed by atoms with Gasteiger partial charge in [-0.1, -0.05) is 30.3 Å². The van der Waals surface area contributed by atoms with Crippen molar-refractivity contribution in [2.45, 2.75) is 19.9 Å². The van der Waals surface area contributed by atoms with Gasteiger partial charge in [0.15, 0.2) is 5.65 Å². The Hall–Kier alpha value is -4.26. The molecule has 5 aromatic rings. The number of carbonyl (C=O) groups excluding carboxylic acids is 2. The molecule has 0 aliphatic rings. The van der Waals surface area contributed by atoms with Crippen LogP contribution in [0.25, 0.3) is 33.1 Å². The van der Waals surface area contributed by atoms with Crippen molar-refractivity contribution in [2.24, 2.45) is 0 Å². The average molecular weight is 438 g/mol. The minimum atomic E-state index is -0.549. The van der Waals surface area contributed by atoms with Gasteiger partial charge in [-0.3, -0.25) is 4.79 Å². The molecule has 0 saturated heterocycles. The number of rotatable bonds is 5. The number of benzene rings is 3. The summed E-state index contributed by atoms with van der Waals surface area (Å²) in [6, 6.07) is 21.7. The fraction of sp³-hybridized carbons (Fsp3) is 0.154. The molecule has 0 radical (unpaired) electrons. The molecule has 0 aliphatic heterocycles. The van der Waals surface area contributed by atoms with Crippen molar-refractivity contribution in [1.82, 2.24) is 14.5 Å². The maximum Gasteiger partial charge on any atom is 0.338 e. The molecule has 1 amide bonds. The fourth-order valence-electron chi connectivity index (χ4n) is 4.00. The maximum atomic E-state index is 13.2. The van der Waals surface area contributed by atoms with Gasteiger partial charge in [0.05, 0.1) is 28.7 Å². The van der Waals surface area contributed by atoms with Crippen LogP contribution >= 0.6 is 0 Å². The summed E-state index contributed by atoms with van der Waals surface area (Å²) in [6.45, 7) is 3.91. The summed E-state index contributed by atoms with van der Waals surface area (Å²) in [5.41, 5.74) is 4.94. The van der Waals surface area contributed by atoms with Gasteiger partial charge in [-0.25, -0.2) is 14.8 Å². The second kappa shape index (κ2) is 8.35. The summed E-state index contributed by atoms with van der Waals surface area (Å²) >= 11 is 0. The highest BCUT2D eigenvalue weighted by atomic mass is 16.5. The van der Waals surface area contributed by atoms with Crippen molar-refractivity contribution in [1.29, 1.82) is 0 Å². The normalized spacial score (nSPS) is 12.2. The van der Waals surface area contributed by atoms with Gasteiger partial charge in [0, 0.05) is 11.1 Å². The maximum absolute atomic E-state index is 13.2. The smallest absolute Gasteiger partial charge is 0.338 e. The third-order valence-corrected chi connectivity index (χ3v) is 5.63. The lowest BCUT2D eigenvalue weighted by molar-refractivity contribution is -0.118. The Morgan fingerprint density at radius 1 is 0.939 bits per heavy atom. The molecule has 2 aromatic heterocycles. The second-order valence-electron chi connectivity index (χ2n) is 7.73. The highest BCUT2D eigenvalue weighted by Crippen LogP contribution is 2.31. The Kier molecular flexibility index (Phi) is 5.22. The van der Waals surface area contributed by atoms with Crippen LogP contribution < -0.4 is 5.32 Å². The van der Waals surface area contributed by atoms with Gasteiger partial charge in [-0.2, -0.15) is 0 Å². The van der Waals surface area contributed by atoms with Crippen LogP contribution in [0.4, 0.5) is 5.69 Å². The zero-order valence-corrected chi connectivity index (χ0v) is 18.3. The van der Waals surface area contributed by atoms with Crippen molar-refractivity contribution < 1.29 is 14.3 Å². The van der Waals surface area contributed by atoms with Crippen LogP contribution in [0, 0.1) is 0 Å². The lowest BCUT2D eigenvalue weighted by Crippen LogP contribution is -2.24. The number of nitrogens with zero attached hydrogens (tertiary/aromatic N) is 3. The average Bonchev–Trinajstić information content (AvgIpc) is 3.16. The van der Waals surface area contributed by atoms with Crippen LogP contribution in [-0.4, -0.2) is 33.0 Å². The topological polar surface area (TPSA) is 86.1 Å². The molecule has 0 spiro atoms. The number of hydrogen-bond donors (Lipinski definition) is 1. The molecular formula is C26H22N4O3. The number of para-hydroxylation sites is 3. The SMILES string of the molecule is CCOC(=O)c1ccc(NC(=O)C(C)n2c3ccccc3c3nc4ccccc4nc32)cc1. The molecule has 1 atom stereocenters. The van der Waals surface area contributed by atoms with Crippen molar-refractivity contribution in [3.8, 4) is 0 Å². The Morgan fingerprint density at radius 2 is 1.61 bits per heavy atom. The molecular weight excluding hydrogens is 416 g/mol. The van der Waals surface area contributed by atoms with Crippen LogP contribution in [-0.2, 0) is 9.53 Å². The van der Waals surface area contributed by atoms with Gasteiger partial charge in [0.25, 0.3) is 0 Å². The number of amides is 1. The molecule has 0 bridgehead atoms. The summed E-state index contributed by atoms with van der Waals surface area (Å²) < 4.78 is 6.93. The van der Waals surface area contributed by atoms with Gasteiger partial charge in [0.2, 0.25) is 5.91 Å². The number of nitrogens with one attached hydrogen (secondary N) is 1. The van der Waals surface area contributed by atoms with Gasteiger partial charge in [-0.15, -0.1) is 0 Å². The van der Waals surface area contributed by atoms with E-state index >= 15 is 0 Å². The third-order valence-electron chi connectivity index (χ3n) is 5.63. The second-order valence-corrected chi connectivity index (χ2v) is 7.73. The first-order valence-electron chi connectivity index (χ1n) is 10.8. The largest absolute Gasteiger partial charge is 0.462 e. The van der Waals surface area contributed by atoms with E-state index in [9.17, 15) is 9.59 Å². The molecule has 0 aliphatic carbocycles. The number of esters is 1. The van der Waals surface area contributed by atoms with Gasteiger partial charge >= 0.3 is 5.97 Å². The summed E-state index contributed by atoms with van der Waals surface area (Å²) in [4.78, 5) is 34.7. The summed E-state index contributed by atoms with van der Waals surface area (Å²) in [5, 5.41) is 3.88. The molecule has 7 nitrogen and oxygen atoms in total. The predicted octanol–water partition coefficient (Wildman–Crippen LogP) is 5.11. The molecule has 164 valence electrons. The van der Waals surface area contributed by atoms with E-state index in [0.29, 0.717) is 23.5 Å². The predicted molar refractivity (Wildman–Crippen MR) is 128 cm³/mol. The van der Waals surface area contributed by atoms with E-state index < -0.39 is 6.04 Å². The van der Waals surface area contributed by atoms with Gasteiger partial charge in [0.1, 0.15) is 11.6 Å². The molecule has 7 heteroatoms. The van der Waals surface area contributed by atoms with Crippen LogP contribution in [0.3, 0.4) is 0 Å². The molecule has 1 unspecified atom stereocenters. The van der Waals surface area contributed by atoms with E-state index in [4.69, 9.17) is 14.7 Å². The number of fused-ring (bicyclic) bond motifs is 4. The zero-order valence-electron chi connectivity index (χ0n) is 18.3. The highest BCUT2D eigenvalue weighted by Gasteiger charge is 2.23. The van der Waals surface area contributed by atoms with E-state index in [2.05, 4.69) is 5.32 Å². The lowest BCUT2D eigenvalue weighted by atomic mass is 10.2. The van der Waals surface area contributed by atoms with Crippen molar-refractivity contribution >= 4 is 50.7 Å². The molecule has 3 aromatic carbocycles.